The minimum atomic E-state index is -1.88. The molecule has 118 valence electrons. The van der Waals surface area contributed by atoms with Gasteiger partial charge >= 0.3 is 9.28 Å². The monoisotopic (exact) mass is 322 g/mol. The van der Waals surface area contributed by atoms with Crippen molar-refractivity contribution in [3.63, 3.8) is 0 Å². The molecule has 0 radical (unpaired) electrons. The van der Waals surface area contributed by atoms with Gasteiger partial charge in [-0.05, 0) is 40.9 Å². The molecular weight excluding hydrogens is 300 g/mol. The van der Waals surface area contributed by atoms with Gasteiger partial charge in [0.15, 0.2) is 0 Å². The van der Waals surface area contributed by atoms with E-state index in [1.54, 1.807) is 0 Å². The van der Waals surface area contributed by atoms with E-state index in [0.717, 1.165) is 0 Å². The van der Waals surface area contributed by atoms with E-state index in [9.17, 15) is 0 Å². The predicted octanol–water partition coefficient (Wildman–Crippen LogP) is 4.01. The van der Waals surface area contributed by atoms with E-state index in [2.05, 4.69) is 66.7 Å². The fourth-order valence-electron chi connectivity index (χ4n) is 2.94. The quantitative estimate of drug-likeness (QED) is 0.639. The van der Waals surface area contributed by atoms with Crippen LogP contribution in [0, 0.1) is 0 Å². The summed E-state index contributed by atoms with van der Waals surface area (Å²) in [6.07, 6.45) is 0. The Morgan fingerprint density at radius 1 is 0.696 bits per heavy atom. The van der Waals surface area contributed by atoms with Gasteiger partial charge in [-0.15, -0.1) is 0 Å². The molecule has 0 bridgehead atoms. The Labute approximate surface area is 139 Å². The van der Waals surface area contributed by atoms with Crippen molar-refractivity contribution in [2.75, 3.05) is 13.2 Å². The molecule has 0 atom stereocenters. The lowest BCUT2D eigenvalue weighted by Crippen LogP contribution is -2.38. The maximum absolute atomic E-state index is 5.96. The van der Waals surface area contributed by atoms with Gasteiger partial charge in [0, 0.05) is 13.2 Å². The van der Waals surface area contributed by atoms with E-state index in [1.165, 1.54) is 27.1 Å². The molecule has 0 aliphatic heterocycles. The third kappa shape index (κ3) is 3.37. The van der Waals surface area contributed by atoms with Crippen molar-refractivity contribution >= 4 is 25.2 Å². The van der Waals surface area contributed by atoms with Crippen LogP contribution < -0.4 is 5.19 Å². The van der Waals surface area contributed by atoms with Gasteiger partial charge in [0.25, 0.3) is 0 Å². The molecule has 0 aromatic heterocycles. The van der Waals surface area contributed by atoms with Crippen LogP contribution in [0.2, 0.25) is 0 Å². The molecule has 0 fully saturated rings. The first-order valence-electron chi connectivity index (χ1n) is 8.15. The normalized spacial score (nSPS) is 11.3. The molecule has 3 aromatic rings. The van der Waals surface area contributed by atoms with Crippen LogP contribution in [0.5, 0.6) is 0 Å². The van der Waals surface area contributed by atoms with Crippen molar-refractivity contribution in [1.29, 1.82) is 0 Å². The van der Waals surface area contributed by atoms with Gasteiger partial charge in [-0.3, -0.25) is 0 Å². The predicted molar refractivity (Wildman–Crippen MR) is 99.4 cm³/mol. The van der Waals surface area contributed by atoms with Crippen LogP contribution in [0.1, 0.15) is 13.8 Å². The summed E-state index contributed by atoms with van der Waals surface area (Å²) in [5.41, 5.74) is 2.47. The van der Waals surface area contributed by atoms with Crippen LogP contribution in [-0.2, 0) is 8.85 Å². The largest absolute Gasteiger partial charge is 0.394 e. The highest BCUT2D eigenvalue weighted by Crippen LogP contribution is 2.27. The summed E-state index contributed by atoms with van der Waals surface area (Å²) in [5, 5.41) is 3.74. The molecule has 0 aliphatic carbocycles. The first kappa shape index (κ1) is 15.9. The van der Waals surface area contributed by atoms with Crippen LogP contribution in [0.15, 0.2) is 66.7 Å². The number of hydrogen-bond acceptors (Lipinski definition) is 2. The first-order valence-corrected chi connectivity index (χ1v) is 9.67. The summed E-state index contributed by atoms with van der Waals surface area (Å²) in [6, 6.07) is 23.4. The van der Waals surface area contributed by atoms with Crippen molar-refractivity contribution in [2.24, 2.45) is 0 Å². The number of rotatable bonds is 6. The molecule has 0 N–H and O–H groups in total. The fraction of sp³-hybridized carbons (Fsp3) is 0.200. The van der Waals surface area contributed by atoms with Crippen molar-refractivity contribution in [3.05, 3.63) is 66.7 Å². The van der Waals surface area contributed by atoms with E-state index in [1.807, 2.05) is 13.8 Å². The molecule has 23 heavy (non-hydrogen) atoms. The van der Waals surface area contributed by atoms with Gasteiger partial charge < -0.3 is 8.85 Å². The fourth-order valence-corrected chi connectivity index (χ4v) is 4.77. The topological polar surface area (TPSA) is 18.5 Å². The molecular formula is C20H22O2Si. The second kappa shape index (κ2) is 7.55. The molecule has 0 aliphatic rings. The molecule has 0 heterocycles. The molecule has 3 heteroatoms. The Morgan fingerprint density at radius 2 is 1.30 bits per heavy atom. The minimum absolute atomic E-state index is 0.681. The summed E-state index contributed by atoms with van der Waals surface area (Å²) >= 11 is 0. The maximum atomic E-state index is 5.96. The SMILES string of the molecule is CCO[SiH](OCC)c1ccccc1-c1cccc2ccccc12. The Morgan fingerprint density at radius 3 is 2.09 bits per heavy atom. The van der Waals surface area contributed by atoms with Crippen molar-refractivity contribution in [2.45, 2.75) is 13.8 Å². The van der Waals surface area contributed by atoms with Gasteiger partial charge in [0.1, 0.15) is 0 Å². The highest BCUT2D eigenvalue weighted by atomic mass is 28.3. The zero-order chi connectivity index (χ0) is 16.1. The van der Waals surface area contributed by atoms with E-state index in [4.69, 9.17) is 8.85 Å². The van der Waals surface area contributed by atoms with Crippen LogP contribution in [0.25, 0.3) is 21.9 Å². The summed E-state index contributed by atoms with van der Waals surface area (Å²) in [4.78, 5) is 0. The highest BCUT2D eigenvalue weighted by molar-refractivity contribution is 6.63. The Kier molecular flexibility index (Phi) is 5.23. The third-order valence-electron chi connectivity index (χ3n) is 3.93. The molecule has 0 spiro atoms. The Hall–Kier alpha value is -1.94. The lowest BCUT2D eigenvalue weighted by molar-refractivity contribution is 0.225. The smallest absolute Gasteiger partial charge is 0.356 e. The minimum Gasteiger partial charge on any atom is -0.394 e. The second-order valence-corrected chi connectivity index (χ2v) is 7.31. The van der Waals surface area contributed by atoms with Gasteiger partial charge in [-0.1, -0.05) is 66.7 Å². The maximum Gasteiger partial charge on any atom is 0.356 e. The number of fused-ring (bicyclic) bond motifs is 1. The Balaban J connectivity index is 2.16. The van der Waals surface area contributed by atoms with E-state index in [-0.39, 0.29) is 0 Å². The zero-order valence-electron chi connectivity index (χ0n) is 13.7. The molecule has 0 saturated heterocycles. The first-order chi connectivity index (χ1) is 11.3. The van der Waals surface area contributed by atoms with Crippen LogP contribution in [0.4, 0.5) is 0 Å². The van der Waals surface area contributed by atoms with Gasteiger partial charge in [-0.25, -0.2) is 0 Å². The van der Waals surface area contributed by atoms with E-state index >= 15 is 0 Å². The molecule has 2 nitrogen and oxygen atoms in total. The summed E-state index contributed by atoms with van der Waals surface area (Å²) < 4.78 is 11.9. The summed E-state index contributed by atoms with van der Waals surface area (Å²) in [6.45, 7) is 5.42. The van der Waals surface area contributed by atoms with Gasteiger partial charge in [0.05, 0.1) is 0 Å². The summed E-state index contributed by atoms with van der Waals surface area (Å²) in [5.74, 6) is 0. The molecule has 3 rings (SSSR count). The van der Waals surface area contributed by atoms with Crippen LogP contribution in [-0.4, -0.2) is 22.5 Å². The molecule has 0 amide bonds. The van der Waals surface area contributed by atoms with Crippen LogP contribution in [0.3, 0.4) is 0 Å². The standard InChI is InChI=1S/C20H22O2Si/c1-3-21-23(22-4-2)20-15-8-7-13-19(20)18-14-9-11-16-10-5-6-12-17(16)18/h5-15,23H,3-4H2,1-2H3. The summed E-state index contributed by atoms with van der Waals surface area (Å²) in [7, 11) is -1.88. The van der Waals surface area contributed by atoms with Crippen molar-refractivity contribution in [1.82, 2.24) is 0 Å². The van der Waals surface area contributed by atoms with Crippen LogP contribution >= 0.6 is 0 Å². The Bertz CT molecular complexity index is 774. The molecule has 0 saturated carbocycles. The second-order valence-electron chi connectivity index (χ2n) is 5.36. The third-order valence-corrected chi connectivity index (χ3v) is 6.21. The van der Waals surface area contributed by atoms with Crippen molar-refractivity contribution in [3.8, 4) is 11.1 Å². The lowest BCUT2D eigenvalue weighted by atomic mass is 9.98. The lowest BCUT2D eigenvalue weighted by Gasteiger charge is -2.19. The van der Waals surface area contributed by atoms with E-state index < -0.39 is 9.28 Å². The molecule has 0 unspecified atom stereocenters. The zero-order valence-corrected chi connectivity index (χ0v) is 14.8. The van der Waals surface area contributed by atoms with Gasteiger partial charge in [0.2, 0.25) is 0 Å². The van der Waals surface area contributed by atoms with E-state index in [0.29, 0.717) is 13.2 Å². The average Bonchev–Trinajstić information content (AvgIpc) is 2.61. The number of benzene rings is 3. The molecule has 3 aromatic carbocycles. The van der Waals surface area contributed by atoms with Gasteiger partial charge in [-0.2, -0.15) is 0 Å². The number of hydrogen-bond donors (Lipinski definition) is 0. The highest BCUT2D eigenvalue weighted by Gasteiger charge is 2.20. The average molecular weight is 322 g/mol. The van der Waals surface area contributed by atoms with Crippen molar-refractivity contribution < 1.29 is 8.85 Å².